The van der Waals surface area contributed by atoms with E-state index >= 15 is 4.39 Å². The van der Waals surface area contributed by atoms with Crippen LogP contribution < -0.4 is 10.2 Å². The molecule has 3 aromatic carbocycles. The second-order valence-corrected chi connectivity index (χ2v) is 9.54. The maximum absolute atomic E-state index is 15.3. The van der Waals surface area contributed by atoms with Crippen molar-refractivity contribution in [3.8, 4) is 11.1 Å². The molecule has 5 aromatic rings. The molecule has 1 N–H and O–H groups in total. The summed E-state index contributed by atoms with van der Waals surface area (Å²) in [6.07, 6.45) is 1.76. The maximum Gasteiger partial charge on any atom is 0.241 e. The molecule has 0 unspecified atom stereocenters. The molecule has 0 bridgehead atoms. The molecule has 2 aromatic heterocycles. The van der Waals surface area contributed by atoms with E-state index in [-0.39, 0.29) is 18.3 Å². The Morgan fingerprint density at radius 3 is 2.74 bits per heavy atom. The Kier molecular flexibility index (Phi) is 5.30. The molecule has 6 rings (SSSR count). The Bertz CT molecular complexity index is 1580. The molecule has 0 radical (unpaired) electrons. The number of rotatable bonds is 4. The van der Waals surface area contributed by atoms with Crippen LogP contribution in [0.25, 0.3) is 32.2 Å². The number of amides is 1. The average molecular weight is 484 g/mol. The van der Waals surface area contributed by atoms with Crippen molar-refractivity contribution in [2.45, 2.75) is 0 Å². The molecule has 6 nitrogen and oxygen atoms in total. The standard InChI is InChI=1S/C27H22FN5OS/c1-32-10-11-33(15-27(32)34)19-4-5-20(22(28)14-19)17-2-6-23-21(12-17)24(8-9-29-23)31-18-3-7-26-25(13-18)30-16-35-26/h2-9,12-14,16H,10-11,15H2,1H3,(H,29,31). The monoisotopic (exact) mass is 483 g/mol. The topological polar surface area (TPSA) is 61.4 Å². The first-order valence-electron chi connectivity index (χ1n) is 11.3. The Hall–Kier alpha value is -4.04. The highest BCUT2D eigenvalue weighted by Gasteiger charge is 2.22. The van der Waals surface area contributed by atoms with E-state index in [1.807, 2.05) is 52.9 Å². The lowest BCUT2D eigenvalue weighted by Gasteiger charge is -2.33. The predicted octanol–water partition coefficient (Wildman–Crippen LogP) is 5.67. The van der Waals surface area contributed by atoms with Crippen LogP contribution in [0, 0.1) is 5.82 Å². The van der Waals surface area contributed by atoms with E-state index in [1.54, 1.807) is 35.5 Å². The number of likely N-dealkylation sites (N-methyl/N-ethyl adjacent to an activating group) is 1. The molecule has 0 spiro atoms. The molecule has 1 fully saturated rings. The smallest absolute Gasteiger partial charge is 0.241 e. The van der Waals surface area contributed by atoms with Crippen LogP contribution in [0.15, 0.2) is 72.4 Å². The van der Waals surface area contributed by atoms with Gasteiger partial charge in [0, 0.05) is 54.3 Å². The highest BCUT2D eigenvalue weighted by Crippen LogP contribution is 2.33. The second-order valence-electron chi connectivity index (χ2n) is 8.65. The number of carbonyl (C=O) groups excluding carboxylic acids is 1. The van der Waals surface area contributed by atoms with Crippen molar-refractivity contribution < 1.29 is 9.18 Å². The summed E-state index contributed by atoms with van der Waals surface area (Å²) in [5.74, 6) is -0.280. The predicted molar refractivity (Wildman–Crippen MR) is 140 cm³/mol. The van der Waals surface area contributed by atoms with Gasteiger partial charge in [-0.1, -0.05) is 6.07 Å². The number of anilines is 3. The first-order valence-corrected chi connectivity index (χ1v) is 12.2. The highest BCUT2D eigenvalue weighted by molar-refractivity contribution is 7.16. The van der Waals surface area contributed by atoms with Crippen LogP contribution in [-0.2, 0) is 4.79 Å². The zero-order valence-electron chi connectivity index (χ0n) is 19.0. The molecular weight excluding hydrogens is 461 g/mol. The maximum atomic E-state index is 15.3. The number of nitrogens with zero attached hydrogens (tertiary/aromatic N) is 4. The Morgan fingerprint density at radius 2 is 1.89 bits per heavy atom. The van der Waals surface area contributed by atoms with E-state index in [4.69, 9.17) is 0 Å². The summed E-state index contributed by atoms with van der Waals surface area (Å²) in [6.45, 7) is 1.58. The molecule has 1 amide bonds. The van der Waals surface area contributed by atoms with E-state index in [0.29, 0.717) is 18.7 Å². The number of aromatic nitrogens is 2. The molecule has 0 aliphatic carbocycles. The molecular formula is C27H22FN5OS. The summed E-state index contributed by atoms with van der Waals surface area (Å²) in [6, 6.07) is 19.0. The van der Waals surface area contributed by atoms with Crippen LogP contribution in [0.5, 0.6) is 0 Å². The number of fused-ring (bicyclic) bond motifs is 2. The van der Waals surface area contributed by atoms with Crippen LogP contribution in [0.3, 0.4) is 0 Å². The van der Waals surface area contributed by atoms with Crippen molar-refractivity contribution in [1.82, 2.24) is 14.9 Å². The van der Waals surface area contributed by atoms with Gasteiger partial charge in [0.2, 0.25) is 5.91 Å². The number of hydrogen-bond donors (Lipinski definition) is 1. The van der Waals surface area contributed by atoms with Crippen molar-refractivity contribution >= 4 is 55.4 Å². The zero-order chi connectivity index (χ0) is 23.9. The first-order chi connectivity index (χ1) is 17.0. The third-order valence-corrected chi connectivity index (χ3v) is 7.25. The van der Waals surface area contributed by atoms with Gasteiger partial charge in [0.1, 0.15) is 5.82 Å². The number of carbonyl (C=O) groups is 1. The number of hydrogen-bond acceptors (Lipinski definition) is 6. The first kappa shape index (κ1) is 21.5. The Morgan fingerprint density at radius 1 is 0.971 bits per heavy atom. The van der Waals surface area contributed by atoms with Gasteiger partial charge in [-0.15, -0.1) is 11.3 Å². The number of thiazole rings is 1. The van der Waals surface area contributed by atoms with E-state index in [0.717, 1.165) is 43.7 Å². The number of halogens is 1. The van der Waals surface area contributed by atoms with Crippen molar-refractivity contribution in [2.24, 2.45) is 0 Å². The van der Waals surface area contributed by atoms with Gasteiger partial charge in [-0.25, -0.2) is 9.37 Å². The summed E-state index contributed by atoms with van der Waals surface area (Å²) in [7, 11) is 1.79. The van der Waals surface area contributed by atoms with E-state index in [9.17, 15) is 4.79 Å². The van der Waals surface area contributed by atoms with Crippen molar-refractivity contribution in [3.05, 3.63) is 78.2 Å². The minimum Gasteiger partial charge on any atom is -0.360 e. The lowest BCUT2D eigenvalue weighted by Crippen LogP contribution is -2.48. The number of pyridine rings is 1. The highest BCUT2D eigenvalue weighted by atomic mass is 32.1. The molecule has 35 heavy (non-hydrogen) atoms. The summed E-state index contributed by atoms with van der Waals surface area (Å²) < 4.78 is 16.4. The lowest BCUT2D eigenvalue weighted by molar-refractivity contribution is -0.129. The summed E-state index contributed by atoms with van der Waals surface area (Å²) in [4.78, 5) is 24.6. The number of piperazine rings is 1. The fourth-order valence-electron chi connectivity index (χ4n) is 4.43. The third kappa shape index (κ3) is 4.06. The minimum absolute atomic E-state index is 0.0386. The van der Waals surface area contributed by atoms with Crippen LogP contribution in [0.2, 0.25) is 0 Å². The molecule has 8 heteroatoms. The molecule has 1 saturated heterocycles. The molecule has 0 atom stereocenters. The van der Waals surface area contributed by atoms with Crippen molar-refractivity contribution in [1.29, 1.82) is 0 Å². The molecule has 1 aliphatic heterocycles. The van der Waals surface area contributed by atoms with Gasteiger partial charge in [0.15, 0.2) is 0 Å². The fraction of sp³-hybridized carbons (Fsp3) is 0.148. The van der Waals surface area contributed by atoms with E-state index < -0.39 is 0 Å². The van der Waals surface area contributed by atoms with Gasteiger partial charge in [-0.05, 0) is 60.2 Å². The summed E-state index contributed by atoms with van der Waals surface area (Å²) >= 11 is 1.61. The van der Waals surface area contributed by atoms with Gasteiger partial charge in [0.25, 0.3) is 0 Å². The van der Waals surface area contributed by atoms with Crippen LogP contribution >= 0.6 is 11.3 Å². The third-order valence-electron chi connectivity index (χ3n) is 6.44. The number of benzene rings is 3. The fourth-order valence-corrected chi connectivity index (χ4v) is 5.09. The molecule has 0 saturated carbocycles. The van der Waals surface area contributed by atoms with Crippen molar-refractivity contribution in [3.63, 3.8) is 0 Å². The SMILES string of the molecule is CN1CCN(c2ccc(-c3ccc4nccc(Nc5ccc6scnc6c5)c4c3)c(F)c2)CC1=O. The van der Waals surface area contributed by atoms with Gasteiger partial charge >= 0.3 is 0 Å². The Labute approximate surface area is 205 Å². The summed E-state index contributed by atoms with van der Waals surface area (Å²) in [5.41, 5.74) is 7.42. The normalized spacial score (nSPS) is 14.2. The summed E-state index contributed by atoms with van der Waals surface area (Å²) in [5, 5.41) is 4.37. The van der Waals surface area contributed by atoms with Crippen molar-refractivity contribution in [2.75, 3.05) is 36.9 Å². The van der Waals surface area contributed by atoms with Crippen LogP contribution in [0.4, 0.5) is 21.5 Å². The van der Waals surface area contributed by atoms with Gasteiger partial charge in [-0.2, -0.15) is 0 Å². The van der Waals surface area contributed by atoms with E-state index in [2.05, 4.69) is 21.4 Å². The lowest BCUT2D eigenvalue weighted by atomic mass is 10.0. The zero-order valence-corrected chi connectivity index (χ0v) is 19.8. The molecule has 174 valence electrons. The van der Waals surface area contributed by atoms with Gasteiger partial charge in [-0.3, -0.25) is 9.78 Å². The van der Waals surface area contributed by atoms with Gasteiger partial charge in [0.05, 0.1) is 27.8 Å². The minimum atomic E-state index is -0.319. The van der Waals surface area contributed by atoms with Crippen LogP contribution in [0.1, 0.15) is 0 Å². The molecule has 1 aliphatic rings. The average Bonchev–Trinajstić information content (AvgIpc) is 3.34. The van der Waals surface area contributed by atoms with E-state index in [1.165, 1.54) is 6.07 Å². The largest absolute Gasteiger partial charge is 0.360 e. The quantitative estimate of drug-likeness (QED) is 0.357. The number of nitrogens with one attached hydrogen (secondary N) is 1. The second kappa shape index (κ2) is 8.63. The van der Waals surface area contributed by atoms with Gasteiger partial charge < -0.3 is 15.1 Å². The van der Waals surface area contributed by atoms with Crippen LogP contribution in [-0.4, -0.2) is 47.5 Å². The molecule has 3 heterocycles. The Balaban J connectivity index is 1.33.